The van der Waals surface area contributed by atoms with Gasteiger partial charge >= 0.3 is 0 Å². The topological polar surface area (TPSA) is 70.0 Å². The zero-order chi connectivity index (χ0) is 19.2. The fourth-order valence-electron chi connectivity index (χ4n) is 4.66. The highest BCUT2D eigenvalue weighted by atomic mass is 16.5. The van der Waals surface area contributed by atoms with Crippen molar-refractivity contribution in [1.82, 2.24) is 0 Å². The standard InChI is InChI=1S/C22H25NO4/c1-3-4-7-10-23-17-9-6-5-8-15(17)22(21(23)26)13-20(27-2)14-11-18(24)19(25)12-16(14)22/h5-6,8-9,11-12,20,24-25H,3-4,7,10,13H2,1-2H3. The summed E-state index contributed by atoms with van der Waals surface area (Å²) in [4.78, 5) is 15.6. The number of carbonyl (C=O) groups is 1. The molecule has 0 aromatic heterocycles. The molecular weight excluding hydrogens is 342 g/mol. The van der Waals surface area contributed by atoms with Crippen LogP contribution < -0.4 is 4.90 Å². The van der Waals surface area contributed by atoms with E-state index >= 15 is 0 Å². The molecule has 2 aromatic rings. The first kappa shape index (κ1) is 17.9. The van der Waals surface area contributed by atoms with E-state index in [0.717, 1.165) is 41.6 Å². The van der Waals surface area contributed by atoms with Crippen molar-refractivity contribution >= 4 is 11.6 Å². The van der Waals surface area contributed by atoms with Crippen LogP contribution in [-0.2, 0) is 14.9 Å². The first-order chi connectivity index (χ1) is 13.0. The van der Waals surface area contributed by atoms with Gasteiger partial charge in [-0.05, 0) is 41.3 Å². The Morgan fingerprint density at radius 2 is 1.89 bits per heavy atom. The molecule has 2 atom stereocenters. The van der Waals surface area contributed by atoms with Crippen molar-refractivity contribution < 1.29 is 19.7 Å². The van der Waals surface area contributed by atoms with E-state index in [1.54, 1.807) is 7.11 Å². The van der Waals surface area contributed by atoms with Gasteiger partial charge in [-0.15, -0.1) is 0 Å². The van der Waals surface area contributed by atoms with Crippen LogP contribution in [0.3, 0.4) is 0 Å². The van der Waals surface area contributed by atoms with E-state index in [9.17, 15) is 15.0 Å². The minimum Gasteiger partial charge on any atom is -0.504 e. The second-order valence-corrected chi connectivity index (χ2v) is 7.44. The number of carbonyl (C=O) groups excluding carboxylic acids is 1. The number of anilines is 1. The van der Waals surface area contributed by atoms with Crippen LogP contribution in [0.25, 0.3) is 0 Å². The number of hydrogen-bond acceptors (Lipinski definition) is 4. The lowest BCUT2D eigenvalue weighted by Gasteiger charge is -2.25. The zero-order valence-corrected chi connectivity index (χ0v) is 15.7. The Labute approximate surface area is 159 Å². The van der Waals surface area contributed by atoms with Crippen LogP contribution in [0, 0.1) is 0 Å². The highest BCUT2D eigenvalue weighted by molar-refractivity contribution is 6.11. The van der Waals surface area contributed by atoms with E-state index in [4.69, 9.17) is 4.74 Å². The molecule has 2 unspecified atom stereocenters. The van der Waals surface area contributed by atoms with Gasteiger partial charge in [-0.2, -0.15) is 0 Å². The van der Waals surface area contributed by atoms with Crippen LogP contribution in [0.2, 0.25) is 0 Å². The van der Waals surface area contributed by atoms with Crippen molar-refractivity contribution in [3.63, 3.8) is 0 Å². The third-order valence-electron chi connectivity index (χ3n) is 5.98. The van der Waals surface area contributed by atoms with Crippen LogP contribution in [-0.4, -0.2) is 29.8 Å². The predicted molar refractivity (Wildman–Crippen MR) is 103 cm³/mol. The molecule has 0 saturated heterocycles. The maximum Gasteiger partial charge on any atom is 0.242 e. The number of methoxy groups -OCH3 is 1. The summed E-state index contributed by atoms with van der Waals surface area (Å²) in [5, 5.41) is 20.1. The highest BCUT2D eigenvalue weighted by Gasteiger charge is 2.57. The van der Waals surface area contributed by atoms with E-state index < -0.39 is 5.41 Å². The summed E-state index contributed by atoms with van der Waals surface area (Å²) < 4.78 is 5.65. The number of para-hydroxylation sites is 1. The Balaban J connectivity index is 1.89. The highest BCUT2D eigenvalue weighted by Crippen LogP contribution is 2.58. The number of benzene rings is 2. The molecule has 2 aromatic carbocycles. The smallest absolute Gasteiger partial charge is 0.242 e. The lowest BCUT2D eigenvalue weighted by molar-refractivity contribution is -0.122. The number of amides is 1. The summed E-state index contributed by atoms with van der Waals surface area (Å²) >= 11 is 0. The van der Waals surface area contributed by atoms with Gasteiger partial charge in [0.15, 0.2) is 11.5 Å². The fourth-order valence-corrected chi connectivity index (χ4v) is 4.66. The van der Waals surface area contributed by atoms with Crippen molar-refractivity contribution in [1.29, 1.82) is 0 Å². The first-order valence-electron chi connectivity index (χ1n) is 9.55. The van der Waals surface area contributed by atoms with Crippen molar-refractivity contribution in [2.75, 3.05) is 18.6 Å². The van der Waals surface area contributed by atoms with Crippen molar-refractivity contribution in [2.24, 2.45) is 0 Å². The van der Waals surface area contributed by atoms with Crippen molar-refractivity contribution in [2.45, 2.75) is 44.1 Å². The average Bonchev–Trinajstić information content (AvgIpc) is 3.11. The van der Waals surface area contributed by atoms with Crippen LogP contribution in [0.15, 0.2) is 36.4 Å². The molecule has 1 heterocycles. The van der Waals surface area contributed by atoms with E-state index in [2.05, 4.69) is 6.92 Å². The predicted octanol–water partition coefficient (Wildman–Crippen LogP) is 4.01. The number of unbranched alkanes of at least 4 members (excludes halogenated alkanes) is 2. The number of aromatic hydroxyl groups is 2. The SMILES string of the molecule is CCCCCN1C(=O)C2(CC(OC)c3cc(O)c(O)cc32)c2ccccc21. The lowest BCUT2D eigenvalue weighted by atomic mass is 9.76. The molecule has 0 radical (unpaired) electrons. The summed E-state index contributed by atoms with van der Waals surface area (Å²) in [7, 11) is 1.61. The Hall–Kier alpha value is -2.53. The first-order valence-corrected chi connectivity index (χ1v) is 9.55. The molecule has 5 nitrogen and oxygen atoms in total. The maximum atomic E-state index is 13.7. The molecule has 27 heavy (non-hydrogen) atoms. The quantitative estimate of drug-likeness (QED) is 0.619. The third-order valence-corrected chi connectivity index (χ3v) is 5.98. The molecule has 2 aliphatic rings. The maximum absolute atomic E-state index is 13.7. The minimum atomic E-state index is -0.871. The van der Waals surface area contributed by atoms with Gasteiger partial charge < -0.3 is 19.8 Å². The second kappa shape index (κ2) is 6.57. The normalized spacial score (nSPS) is 23.1. The van der Waals surface area contributed by atoms with Gasteiger partial charge in [0, 0.05) is 25.8 Å². The Morgan fingerprint density at radius 3 is 2.63 bits per heavy atom. The number of fused-ring (bicyclic) bond motifs is 4. The summed E-state index contributed by atoms with van der Waals surface area (Å²) in [6, 6.07) is 11.0. The third kappa shape index (κ3) is 2.45. The molecule has 0 saturated carbocycles. The van der Waals surface area contributed by atoms with Crippen LogP contribution in [0.5, 0.6) is 11.5 Å². The van der Waals surface area contributed by atoms with Gasteiger partial charge in [0.2, 0.25) is 5.91 Å². The summed E-state index contributed by atoms with van der Waals surface area (Å²) in [6.45, 7) is 2.83. The molecule has 1 aliphatic carbocycles. The van der Waals surface area contributed by atoms with Crippen molar-refractivity contribution in [3.05, 3.63) is 53.1 Å². The van der Waals surface area contributed by atoms with Gasteiger partial charge in [-0.25, -0.2) is 0 Å². The number of ether oxygens (including phenoxy) is 1. The molecule has 1 aliphatic heterocycles. The molecule has 142 valence electrons. The molecule has 5 heteroatoms. The summed E-state index contributed by atoms with van der Waals surface area (Å²) in [6.07, 6.45) is 3.29. The Morgan fingerprint density at radius 1 is 1.15 bits per heavy atom. The molecule has 0 fully saturated rings. The lowest BCUT2D eigenvalue weighted by Crippen LogP contribution is -2.40. The van der Waals surface area contributed by atoms with Crippen molar-refractivity contribution in [3.8, 4) is 11.5 Å². The Bertz CT molecular complexity index is 894. The minimum absolute atomic E-state index is 0.0330. The van der Waals surface area contributed by atoms with E-state index in [-0.39, 0.29) is 23.5 Å². The molecule has 2 N–H and O–H groups in total. The van der Waals surface area contributed by atoms with E-state index in [0.29, 0.717) is 13.0 Å². The molecule has 0 bridgehead atoms. The monoisotopic (exact) mass is 367 g/mol. The van der Waals surface area contributed by atoms with Gasteiger partial charge in [0.25, 0.3) is 0 Å². The van der Waals surface area contributed by atoms with Gasteiger partial charge in [0.05, 0.1) is 6.10 Å². The zero-order valence-electron chi connectivity index (χ0n) is 15.7. The molecule has 1 spiro atoms. The molecular formula is C22H25NO4. The fraction of sp³-hybridized carbons (Fsp3) is 0.409. The second-order valence-electron chi connectivity index (χ2n) is 7.44. The number of phenolic OH excluding ortho intramolecular Hbond substituents is 2. The molecule has 1 amide bonds. The van der Waals surface area contributed by atoms with E-state index in [1.807, 2.05) is 29.2 Å². The Kier molecular flexibility index (Phi) is 4.35. The number of nitrogens with zero attached hydrogens (tertiary/aromatic N) is 1. The van der Waals surface area contributed by atoms with Crippen LogP contribution in [0.4, 0.5) is 5.69 Å². The number of phenols is 2. The molecule has 4 rings (SSSR count). The largest absolute Gasteiger partial charge is 0.504 e. The van der Waals surface area contributed by atoms with Gasteiger partial charge in [0.1, 0.15) is 5.41 Å². The van der Waals surface area contributed by atoms with Gasteiger partial charge in [-0.1, -0.05) is 38.0 Å². The summed E-state index contributed by atoms with van der Waals surface area (Å²) in [5.74, 6) is -0.364. The van der Waals surface area contributed by atoms with Crippen LogP contribution in [0.1, 0.15) is 55.4 Å². The number of rotatable bonds is 5. The summed E-state index contributed by atoms with van der Waals surface area (Å²) in [5.41, 5.74) is 2.53. The average molecular weight is 367 g/mol. The number of hydrogen-bond donors (Lipinski definition) is 2. The van der Waals surface area contributed by atoms with E-state index in [1.165, 1.54) is 12.1 Å². The van der Waals surface area contributed by atoms with Gasteiger partial charge in [-0.3, -0.25) is 4.79 Å². The van der Waals surface area contributed by atoms with Crippen LogP contribution >= 0.6 is 0 Å².